The van der Waals surface area contributed by atoms with Crippen LogP contribution in [0.2, 0.25) is 0 Å². The Hall–Kier alpha value is -3.31. The number of benzene rings is 3. The lowest BCUT2D eigenvalue weighted by molar-refractivity contribution is 0.215. The summed E-state index contributed by atoms with van der Waals surface area (Å²) in [6.45, 7) is 1.11. The quantitative estimate of drug-likeness (QED) is 0.555. The first-order valence-electron chi connectivity index (χ1n) is 10.6. The molecule has 0 radical (unpaired) electrons. The van der Waals surface area contributed by atoms with E-state index in [0.29, 0.717) is 17.4 Å². The molecule has 3 aromatic carbocycles. The van der Waals surface area contributed by atoms with E-state index < -0.39 is 6.09 Å². The molecular weight excluding hydrogens is 388 g/mol. The van der Waals surface area contributed by atoms with Crippen LogP contribution in [0.5, 0.6) is 17.2 Å². The first kappa shape index (κ1) is 20.9. The van der Waals surface area contributed by atoms with Crippen LogP contribution >= 0.6 is 0 Å². The van der Waals surface area contributed by atoms with Gasteiger partial charge in [-0.2, -0.15) is 0 Å². The fourth-order valence-corrected chi connectivity index (χ4v) is 4.03. The molecule has 0 saturated heterocycles. The summed E-state index contributed by atoms with van der Waals surface area (Å²) in [6, 6.07) is 22.7. The number of para-hydroxylation sites is 1. The molecule has 0 aromatic heterocycles. The van der Waals surface area contributed by atoms with Crippen molar-refractivity contribution in [1.82, 2.24) is 4.90 Å². The number of nitrogens with one attached hydrogen (secondary N) is 1. The summed E-state index contributed by atoms with van der Waals surface area (Å²) in [7, 11) is 4.25. The highest BCUT2D eigenvalue weighted by molar-refractivity contribution is 5.86. The van der Waals surface area contributed by atoms with Gasteiger partial charge >= 0.3 is 6.09 Å². The summed E-state index contributed by atoms with van der Waals surface area (Å²) in [4.78, 5) is 14.6. The fraction of sp³-hybridized carbons (Fsp3) is 0.269. The molecule has 0 spiro atoms. The third kappa shape index (κ3) is 5.86. The molecule has 5 heteroatoms. The number of fused-ring (bicyclic) bond motifs is 1. The van der Waals surface area contributed by atoms with Crippen molar-refractivity contribution in [3.63, 3.8) is 0 Å². The smallest absolute Gasteiger partial charge is 0.417 e. The Morgan fingerprint density at radius 2 is 1.65 bits per heavy atom. The van der Waals surface area contributed by atoms with Gasteiger partial charge in [0.25, 0.3) is 0 Å². The molecule has 160 valence electrons. The summed E-state index contributed by atoms with van der Waals surface area (Å²) in [5, 5.41) is 2.84. The van der Waals surface area contributed by atoms with Crippen molar-refractivity contribution in [2.75, 3.05) is 26.0 Å². The summed E-state index contributed by atoms with van der Waals surface area (Å²) in [6.07, 6.45) is 2.81. The molecule has 0 heterocycles. The van der Waals surface area contributed by atoms with Crippen molar-refractivity contribution in [3.05, 3.63) is 83.9 Å². The maximum absolute atomic E-state index is 12.3. The lowest BCUT2D eigenvalue weighted by Crippen LogP contribution is -2.26. The number of carbonyl (C=O) groups is 1. The molecule has 0 saturated carbocycles. The summed E-state index contributed by atoms with van der Waals surface area (Å²) < 4.78 is 11.2. The molecular formula is C26H28N2O3. The van der Waals surface area contributed by atoms with Gasteiger partial charge in [0.1, 0.15) is 17.2 Å². The molecule has 1 N–H and O–H groups in total. The van der Waals surface area contributed by atoms with E-state index in [9.17, 15) is 4.79 Å². The van der Waals surface area contributed by atoms with E-state index in [1.165, 1.54) is 17.5 Å². The molecule has 1 aliphatic carbocycles. The predicted molar refractivity (Wildman–Crippen MR) is 123 cm³/mol. The van der Waals surface area contributed by atoms with Crippen LogP contribution in [0.4, 0.5) is 10.5 Å². The van der Waals surface area contributed by atoms with E-state index in [-0.39, 0.29) is 0 Å². The molecule has 1 aliphatic rings. The van der Waals surface area contributed by atoms with Crippen LogP contribution < -0.4 is 14.8 Å². The molecule has 1 unspecified atom stereocenters. The molecule has 4 rings (SSSR count). The Kier molecular flexibility index (Phi) is 6.53. The Bertz CT molecular complexity index is 1020. The minimum Gasteiger partial charge on any atom is -0.457 e. The molecule has 5 nitrogen and oxygen atoms in total. The van der Waals surface area contributed by atoms with Gasteiger partial charge in [-0.1, -0.05) is 24.3 Å². The summed E-state index contributed by atoms with van der Waals surface area (Å²) in [5.41, 5.74) is 3.46. The third-order valence-corrected chi connectivity index (χ3v) is 5.42. The zero-order valence-corrected chi connectivity index (χ0v) is 18.0. The maximum atomic E-state index is 12.3. The van der Waals surface area contributed by atoms with Crippen LogP contribution in [0.15, 0.2) is 72.8 Å². The minimum absolute atomic E-state index is 0.461. The number of nitrogens with zero attached hydrogens (tertiary/aromatic N) is 1. The summed E-state index contributed by atoms with van der Waals surface area (Å²) in [5.74, 6) is 2.60. The van der Waals surface area contributed by atoms with Crippen LogP contribution in [-0.2, 0) is 12.8 Å². The van der Waals surface area contributed by atoms with Crippen LogP contribution in [0, 0.1) is 5.92 Å². The number of ether oxygens (including phenoxy) is 2. The number of rotatable bonds is 6. The number of carbonyl (C=O) groups excluding carboxylic acids is 1. The Morgan fingerprint density at radius 3 is 2.39 bits per heavy atom. The Balaban J connectivity index is 1.32. The van der Waals surface area contributed by atoms with E-state index in [4.69, 9.17) is 9.47 Å². The highest BCUT2D eigenvalue weighted by atomic mass is 16.6. The second-order valence-electron chi connectivity index (χ2n) is 8.26. The number of hydrogen-bond donors (Lipinski definition) is 1. The van der Waals surface area contributed by atoms with Gasteiger partial charge in [0, 0.05) is 12.2 Å². The van der Waals surface area contributed by atoms with Crippen LogP contribution in [0.3, 0.4) is 0 Å². The number of anilines is 1. The maximum Gasteiger partial charge on any atom is 0.417 e. The lowest BCUT2D eigenvalue weighted by atomic mass is 9.83. The molecule has 0 bridgehead atoms. The standard InChI is InChI=1S/C26H28N2O3/c1-28(2)18-19-8-9-21-17-22(11-10-20(21)16-19)27-26(29)31-25-14-12-24(13-15-25)30-23-6-4-3-5-7-23/h3-7,10-15,17,19H,8-9,16,18H2,1-2H3,(H,27,29). The minimum atomic E-state index is -0.502. The predicted octanol–water partition coefficient (Wildman–Crippen LogP) is 5.76. The van der Waals surface area contributed by atoms with E-state index in [1.807, 2.05) is 36.4 Å². The van der Waals surface area contributed by atoms with Crippen LogP contribution in [-0.4, -0.2) is 31.6 Å². The highest BCUT2D eigenvalue weighted by Crippen LogP contribution is 2.28. The zero-order chi connectivity index (χ0) is 21.6. The first-order chi connectivity index (χ1) is 15.0. The number of aryl methyl sites for hydroxylation is 1. The fourth-order valence-electron chi connectivity index (χ4n) is 4.03. The first-order valence-corrected chi connectivity index (χ1v) is 10.6. The van der Waals surface area contributed by atoms with E-state index in [0.717, 1.165) is 30.8 Å². The normalized spacial score (nSPS) is 15.3. The SMILES string of the molecule is CN(C)CC1CCc2cc(NC(=O)Oc3ccc(Oc4ccccc4)cc3)ccc2C1. The van der Waals surface area contributed by atoms with Crippen molar-refractivity contribution in [2.24, 2.45) is 5.92 Å². The van der Waals surface area contributed by atoms with Crippen molar-refractivity contribution in [1.29, 1.82) is 0 Å². The lowest BCUT2D eigenvalue weighted by Gasteiger charge is -2.27. The second-order valence-corrected chi connectivity index (χ2v) is 8.26. The van der Waals surface area contributed by atoms with E-state index >= 15 is 0 Å². The molecule has 1 amide bonds. The van der Waals surface area contributed by atoms with Gasteiger partial charge in [0.15, 0.2) is 0 Å². The van der Waals surface area contributed by atoms with Crippen molar-refractivity contribution in [2.45, 2.75) is 19.3 Å². The largest absolute Gasteiger partial charge is 0.457 e. The van der Waals surface area contributed by atoms with Gasteiger partial charge < -0.3 is 14.4 Å². The van der Waals surface area contributed by atoms with E-state index in [2.05, 4.69) is 36.4 Å². The second kappa shape index (κ2) is 9.67. The van der Waals surface area contributed by atoms with Gasteiger partial charge in [0.2, 0.25) is 0 Å². The van der Waals surface area contributed by atoms with Gasteiger partial charge in [-0.15, -0.1) is 0 Å². The Labute approximate surface area is 183 Å². The topological polar surface area (TPSA) is 50.8 Å². The van der Waals surface area contributed by atoms with Gasteiger partial charge in [-0.3, -0.25) is 5.32 Å². The van der Waals surface area contributed by atoms with Gasteiger partial charge in [-0.05, 0) is 98.9 Å². The highest BCUT2D eigenvalue weighted by Gasteiger charge is 2.19. The Morgan fingerprint density at radius 1 is 0.935 bits per heavy atom. The van der Waals surface area contributed by atoms with E-state index in [1.54, 1.807) is 24.3 Å². The van der Waals surface area contributed by atoms with Crippen LogP contribution in [0.1, 0.15) is 17.5 Å². The van der Waals surface area contributed by atoms with Crippen molar-refractivity contribution in [3.8, 4) is 17.2 Å². The molecule has 31 heavy (non-hydrogen) atoms. The molecule has 3 aromatic rings. The third-order valence-electron chi connectivity index (χ3n) is 5.42. The average Bonchev–Trinajstić information content (AvgIpc) is 2.75. The zero-order valence-electron chi connectivity index (χ0n) is 18.0. The molecule has 0 aliphatic heterocycles. The van der Waals surface area contributed by atoms with Crippen LogP contribution in [0.25, 0.3) is 0 Å². The van der Waals surface area contributed by atoms with Gasteiger partial charge in [0.05, 0.1) is 0 Å². The van der Waals surface area contributed by atoms with Crippen molar-refractivity contribution < 1.29 is 14.3 Å². The molecule has 0 fully saturated rings. The average molecular weight is 417 g/mol. The number of amides is 1. The van der Waals surface area contributed by atoms with Crippen molar-refractivity contribution >= 4 is 11.8 Å². The molecule has 1 atom stereocenters. The monoisotopic (exact) mass is 416 g/mol. The van der Waals surface area contributed by atoms with Gasteiger partial charge in [-0.25, -0.2) is 4.79 Å². The number of hydrogen-bond acceptors (Lipinski definition) is 4. The summed E-state index contributed by atoms with van der Waals surface area (Å²) >= 11 is 0.